The van der Waals surface area contributed by atoms with E-state index in [0.717, 1.165) is 42.4 Å². The standard InChI is InChI=1S/C15H16N2O2/c18-15(19)12-8-10(9-12)3-5-13-6-4-11-2-1-7-16-14(11)17-13/h1-2,4,6-7,10,12H,3,5,8-9H2,(H,18,19)/t10-,12-. The topological polar surface area (TPSA) is 63.1 Å². The van der Waals surface area contributed by atoms with Crippen molar-refractivity contribution in [3.8, 4) is 0 Å². The number of aryl methyl sites for hydroxylation is 1. The van der Waals surface area contributed by atoms with E-state index in [9.17, 15) is 4.79 Å². The Bertz CT molecular complexity index is 606. The van der Waals surface area contributed by atoms with Crippen LogP contribution >= 0.6 is 0 Å². The van der Waals surface area contributed by atoms with Gasteiger partial charge in [0, 0.05) is 17.3 Å². The summed E-state index contributed by atoms with van der Waals surface area (Å²) in [6.45, 7) is 0. The molecule has 98 valence electrons. The number of pyridine rings is 2. The summed E-state index contributed by atoms with van der Waals surface area (Å²) in [5, 5.41) is 9.89. The Labute approximate surface area is 111 Å². The number of carbonyl (C=O) groups is 1. The Balaban J connectivity index is 1.59. The molecule has 0 aliphatic heterocycles. The first-order valence-corrected chi connectivity index (χ1v) is 6.66. The number of hydrogen-bond acceptors (Lipinski definition) is 3. The molecule has 0 bridgehead atoms. The smallest absolute Gasteiger partial charge is 0.306 e. The van der Waals surface area contributed by atoms with Crippen molar-refractivity contribution in [3.05, 3.63) is 36.2 Å². The van der Waals surface area contributed by atoms with Gasteiger partial charge >= 0.3 is 5.97 Å². The second-order valence-electron chi connectivity index (χ2n) is 5.26. The van der Waals surface area contributed by atoms with Crippen LogP contribution in [0.3, 0.4) is 0 Å². The van der Waals surface area contributed by atoms with E-state index < -0.39 is 5.97 Å². The first kappa shape index (κ1) is 12.1. The van der Waals surface area contributed by atoms with Gasteiger partial charge in [0.2, 0.25) is 0 Å². The van der Waals surface area contributed by atoms with Crippen LogP contribution in [0.4, 0.5) is 0 Å². The Kier molecular flexibility index (Phi) is 3.15. The van der Waals surface area contributed by atoms with Gasteiger partial charge in [-0.3, -0.25) is 4.79 Å². The third-order valence-electron chi connectivity index (χ3n) is 3.92. The quantitative estimate of drug-likeness (QED) is 0.913. The highest BCUT2D eigenvalue weighted by atomic mass is 16.4. The highest BCUT2D eigenvalue weighted by molar-refractivity contribution is 5.74. The van der Waals surface area contributed by atoms with Crippen molar-refractivity contribution in [2.75, 3.05) is 0 Å². The Hall–Kier alpha value is -1.97. The molecule has 4 heteroatoms. The average molecular weight is 256 g/mol. The summed E-state index contributed by atoms with van der Waals surface area (Å²) in [4.78, 5) is 19.5. The van der Waals surface area contributed by atoms with Crippen LogP contribution in [-0.2, 0) is 11.2 Å². The molecule has 1 fully saturated rings. The summed E-state index contributed by atoms with van der Waals surface area (Å²) in [5.74, 6) is -0.220. The number of carboxylic acids is 1. The second kappa shape index (κ2) is 4.96. The zero-order chi connectivity index (χ0) is 13.2. The van der Waals surface area contributed by atoms with E-state index in [1.165, 1.54) is 0 Å². The molecule has 0 amide bonds. The first-order chi connectivity index (χ1) is 9.22. The molecule has 3 rings (SSSR count). The highest BCUT2D eigenvalue weighted by Crippen LogP contribution is 2.36. The van der Waals surface area contributed by atoms with E-state index in [0.29, 0.717) is 5.92 Å². The van der Waals surface area contributed by atoms with Crippen LogP contribution in [0.2, 0.25) is 0 Å². The number of aliphatic carboxylic acids is 1. The van der Waals surface area contributed by atoms with E-state index >= 15 is 0 Å². The van der Waals surface area contributed by atoms with Crippen LogP contribution in [0.5, 0.6) is 0 Å². The normalized spacial score (nSPS) is 22.1. The third-order valence-corrected chi connectivity index (χ3v) is 3.92. The molecule has 0 aromatic carbocycles. The fourth-order valence-corrected chi connectivity index (χ4v) is 2.66. The molecule has 1 saturated carbocycles. The number of rotatable bonds is 4. The molecule has 1 N–H and O–H groups in total. The predicted octanol–water partition coefficient (Wildman–Crippen LogP) is 2.67. The number of carboxylic acid groups (broad SMARTS) is 1. The van der Waals surface area contributed by atoms with E-state index in [1.807, 2.05) is 24.3 Å². The SMILES string of the molecule is O=C(O)[C@H]1C[C@H](CCc2ccc3cccnc3n2)C1. The summed E-state index contributed by atoms with van der Waals surface area (Å²) in [6.07, 6.45) is 5.32. The lowest BCUT2D eigenvalue weighted by Gasteiger charge is -2.32. The van der Waals surface area contributed by atoms with Gasteiger partial charge in [0.1, 0.15) is 0 Å². The van der Waals surface area contributed by atoms with Crippen LogP contribution in [0.25, 0.3) is 11.0 Å². The summed E-state index contributed by atoms with van der Waals surface area (Å²) < 4.78 is 0. The Morgan fingerprint density at radius 1 is 1.32 bits per heavy atom. The molecule has 0 radical (unpaired) electrons. The van der Waals surface area contributed by atoms with Crippen molar-refractivity contribution in [2.45, 2.75) is 25.7 Å². The van der Waals surface area contributed by atoms with Gasteiger partial charge in [-0.15, -0.1) is 0 Å². The summed E-state index contributed by atoms with van der Waals surface area (Å²) >= 11 is 0. The minimum absolute atomic E-state index is 0.115. The fourth-order valence-electron chi connectivity index (χ4n) is 2.66. The lowest BCUT2D eigenvalue weighted by molar-refractivity contribution is -0.146. The summed E-state index contributed by atoms with van der Waals surface area (Å²) in [5.41, 5.74) is 1.84. The van der Waals surface area contributed by atoms with Crippen molar-refractivity contribution in [1.82, 2.24) is 9.97 Å². The highest BCUT2D eigenvalue weighted by Gasteiger charge is 2.33. The maximum Gasteiger partial charge on any atom is 0.306 e. The molecule has 0 saturated heterocycles. The lowest BCUT2D eigenvalue weighted by Crippen LogP contribution is -2.30. The monoisotopic (exact) mass is 256 g/mol. The molecule has 1 aliphatic rings. The average Bonchev–Trinajstić information content (AvgIpc) is 2.36. The van der Waals surface area contributed by atoms with Gasteiger partial charge in [-0.25, -0.2) is 9.97 Å². The zero-order valence-corrected chi connectivity index (χ0v) is 10.6. The van der Waals surface area contributed by atoms with E-state index in [1.54, 1.807) is 6.20 Å². The second-order valence-corrected chi connectivity index (χ2v) is 5.26. The molecule has 4 nitrogen and oxygen atoms in total. The number of hydrogen-bond donors (Lipinski definition) is 1. The van der Waals surface area contributed by atoms with E-state index in [-0.39, 0.29) is 5.92 Å². The van der Waals surface area contributed by atoms with Crippen molar-refractivity contribution >= 4 is 17.0 Å². The maximum absolute atomic E-state index is 10.7. The molecule has 0 atom stereocenters. The third kappa shape index (κ3) is 2.57. The van der Waals surface area contributed by atoms with E-state index in [2.05, 4.69) is 9.97 Å². The molecule has 0 spiro atoms. The largest absolute Gasteiger partial charge is 0.481 e. The van der Waals surface area contributed by atoms with Crippen molar-refractivity contribution in [1.29, 1.82) is 0 Å². The summed E-state index contributed by atoms with van der Waals surface area (Å²) in [6, 6.07) is 8.00. The van der Waals surface area contributed by atoms with Gasteiger partial charge in [-0.2, -0.15) is 0 Å². The van der Waals surface area contributed by atoms with Crippen LogP contribution in [0.1, 0.15) is 25.0 Å². The van der Waals surface area contributed by atoms with Crippen molar-refractivity contribution in [3.63, 3.8) is 0 Å². The van der Waals surface area contributed by atoms with Gasteiger partial charge in [0.15, 0.2) is 5.65 Å². The van der Waals surface area contributed by atoms with Gasteiger partial charge in [0.05, 0.1) is 5.92 Å². The Morgan fingerprint density at radius 2 is 2.16 bits per heavy atom. The first-order valence-electron chi connectivity index (χ1n) is 6.66. The van der Waals surface area contributed by atoms with Crippen LogP contribution in [0, 0.1) is 11.8 Å². The predicted molar refractivity (Wildman–Crippen MR) is 71.7 cm³/mol. The minimum Gasteiger partial charge on any atom is -0.481 e. The van der Waals surface area contributed by atoms with Crippen LogP contribution < -0.4 is 0 Å². The van der Waals surface area contributed by atoms with E-state index in [4.69, 9.17) is 5.11 Å². The maximum atomic E-state index is 10.7. The summed E-state index contributed by atoms with van der Waals surface area (Å²) in [7, 11) is 0. The fraction of sp³-hybridized carbons (Fsp3) is 0.400. The van der Waals surface area contributed by atoms with Gasteiger partial charge in [-0.1, -0.05) is 0 Å². The molecule has 2 aromatic rings. The Morgan fingerprint density at radius 3 is 2.95 bits per heavy atom. The lowest BCUT2D eigenvalue weighted by atomic mass is 9.72. The van der Waals surface area contributed by atoms with Crippen LogP contribution in [-0.4, -0.2) is 21.0 Å². The zero-order valence-electron chi connectivity index (χ0n) is 10.6. The molecular formula is C15H16N2O2. The molecular weight excluding hydrogens is 240 g/mol. The van der Waals surface area contributed by atoms with Gasteiger partial charge < -0.3 is 5.11 Å². The number of fused-ring (bicyclic) bond motifs is 1. The molecule has 2 aromatic heterocycles. The van der Waals surface area contributed by atoms with Crippen molar-refractivity contribution < 1.29 is 9.90 Å². The number of aromatic nitrogens is 2. The molecule has 2 heterocycles. The molecule has 19 heavy (non-hydrogen) atoms. The number of nitrogens with zero attached hydrogens (tertiary/aromatic N) is 2. The molecule has 1 aliphatic carbocycles. The van der Waals surface area contributed by atoms with Crippen LogP contribution in [0.15, 0.2) is 30.5 Å². The van der Waals surface area contributed by atoms with Gasteiger partial charge in [-0.05, 0) is 55.9 Å². The minimum atomic E-state index is -0.649. The molecule has 0 unspecified atom stereocenters. The van der Waals surface area contributed by atoms with Crippen molar-refractivity contribution in [2.24, 2.45) is 11.8 Å². The van der Waals surface area contributed by atoms with Gasteiger partial charge in [0.25, 0.3) is 0 Å².